The molecule has 1 unspecified atom stereocenters. The number of nitrogens with one attached hydrogen (secondary N) is 2. The van der Waals surface area contributed by atoms with Gasteiger partial charge >= 0.3 is 12.0 Å². The van der Waals surface area contributed by atoms with Crippen LogP contribution in [0.15, 0.2) is 70.8 Å². The van der Waals surface area contributed by atoms with Gasteiger partial charge in [-0.25, -0.2) is 18.0 Å². The number of aryl methyl sites for hydroxylation is 1. The number of rotatable bonds is 6. The lowest BCUT2D eigenvalue weighted by Crippen LogP contribution is -2.47. The van der Waals surface area contributed by atoms with Crippen LogP contribution < -0.4 is 10.6 Å². The Kier molecular flexibility index (Phi) is 6.03. The van der Waals surface area contributed by atoms with Gasteiger partial charge in [-0.3, -0.25) is 0 Å². The smallest absolute Gasteiger partial charge is 0.338 e. The van der Waals surface area contributed by atoms with Crippen LogP contribution in [0.25, 0.3) is 0 Å². The lowest BCUT2D eigenvalue weighted by atomic mass is 9.95. The third kappa shape index (κ3) is 4.65. The van der Waals surface area contributed by atoms with E-state index in [0.29, 0.717) is 5.56 Å². The molecule has 0 bridgehead atoms. The monoisotopic (exact) mass is 414 g/mol. The molecule has 29 heavy (non-hydrogen) atoms. The fraction of sp³-hybridized carbons (Fsp3) is 0.238. The average molecular weight is 414 g/mol. The van der Waals surface area contributed by atoms with Gasteiger partial charge in [0, 0.05) is 5.70 Å². The number of carbonyl (C=O) groups excluding carboxylic acids is 2. The molecule has 1 atom stereocenters. The van der Waals surface area contributed by atoms with Gasteiger partial charge in [0.15, 0.2) is 9.84 Å². The fourth-order valence-electron chi connectivity index (χ4n) is 3.09. The van der Waals surface area contributed by atoms with Crippen LogP contribution in [0, 0.1) is 6.92 Å². The van der Waals surface area contributed by atoms with Gasteiger partial charge in [-0.2, -0.15) is 0 Å². The number of ether oxygens (including phenoxy) is 1. The van der Waals surface area contributed by atoms with Gasteiger partial charge in [-0.1, -0.05) is 48.0 Å². The van der Waals surface area contributed by atoms with E-state index in [-0.39, 0.29) is 22.8 Å². The highest BCUT2D eigenvalue weighted by molar-refractivity contribution is 7.91. The topological polar surface area (TPSA) is 102 Å². The molecule has 2 N–H and O–H groups in total. The molecular formula is C21H22N2O5S. The zero-order valence-electron chi connectivity index (χ0n) is 16.1. The van der Waals surface area contributed by atoms with E-state index in [9.17, 15) is 18.0 Å². The maximum Gasteiger partial charge on any atom is 0.338 e. The third-order valence-corrected chi connectivity index (χ3v) is 6.16. The van der Waals surface area contributed by atoms with E-state index < -0.39 is 33.6 Å². The molecule has 0 saturated carbocycles. The number of esters is 1. The molecule has 0 radical (unpaired) electrons. The van der Waals surface area contributed by atoms with Gasteiger partial charge in [-0.05, 0) is 31.5 Å². The van der Waals surface area contributed by atoms with Gasteiger partial charge in [0.05, 0.1) is 28.9 Å². The SMILES string of the molecule is CCOC(=O)C1=C(CS(=O)(=O)c2ccccc2)NC(=O)NC1c1ccc(C)cc1. The van der Waals surface area contributed by atoms with Crippen LogP contribution in [0.4, 0.5) is 4.79 Å². The Morgan fingerprint density at radius 2 is 1.72 bits per heavy atom. The van der Waals surface area contributed by atoms with Crippen LogP contribution in [0.2, 0.25) is 0 Å². The lowest BCUT2D eigenvalue weighted by Gasteiger charge is -2.29. The van der Waals surface area contributed by atoms with E-state index >= 15 is 0 Å². The van der Waals surface area contributed by atoms with Crippen LogP contribution in [-0.2, 0) is 19.4 Å². The van der Waals surface area contributed by atoms with Crippen LogP contribution in [0.1, 0.15) is 24.1 Å². The predicted molar refractivity (Wildman–Crippen MR) is 108 cm³/mol. The van der Waals surface area contributed by atoms with Crippen molar-refractivity contribution in [2.45, 2.75) is 24.8 Å². The minimum atomic E-state index is -3.79. The second kappa shape index (κ2) is 8.48. The Balaban J connectivity index is 2.09. The normalized spacial score (nSPS) is 16.8. The molecule has 0 fully saturated rings. The summed E-state index contributed by atoms with van der Waals surface area (Å²) in [6.45, 7) is 3.70. The number of urea groups is 1. The van der Waals surface area contributed by atoms with Crippen LogP contribution in [-0.4, -0.2) is 32.8 Å². The van der Waals surface area contributed by atoms with Crippen LogP contribution >= 0.6 is 0 Å². The molecule has 1 aliphatic heterocycles. The molecule has 0 spiro atoms. The Morgan fingerprint density at radius 1 is 1.07 bits per heavy atom. The highest BCUT2D eigenvalue weighted by atomic mass is 32.2. The Hall–Kier alpha value is -3.13. The summed E-state index contributed by atoms with van der Waals surface area (Å²) in [6.07, 6.45) is 0. The molecule has 1 aliphatic rings. The second-order valence-electron chi connectivity index (χ2n) is 6.63. The minimum Gasteiger partial charge on any atom is -0.463 e. The van der Waals surface area contributed by atoms with Gasteiger partial charge in [-0.15, -0.1) is 0 Å². The zero-order valence-corrected chi connectivity index (χ0v) is 17.0. The second-order valence-corrected chi connectivity index (χ2v) is 8.62. The average Bonchev–Trinajstić information content (AvgIpc) is 2.68. The maximum atomic E-state index is 12.9. The van der Waals surface area contributed by atoms with Crippen molar-refractivity contribution >= 4 is 21.8 Å². The number of sulfone groups is 1. The van der Waals surface area contributed by atoms with E-state index in [2.05, 4.69) is 10.6 Å². The quantitative estimate of drug-likeness (QED) is 0.708. The molecule has 0 saturated heterocycles. The standard InChI is InChI=1S/C21H22N2O5S/c1-3-28-20(24)18-17(13-29(26,27)16-7-5-4-6-8-16)22-21(25)23-19(18)15-11-9-14(2)10-12-15/h4-12,19H,3,13H2,1-2H3,(H2,22,23,25). The lowest BCUT2D eigenvalue weighted by molar-refractivity contribution is -0.139. The van der Waals surface area contributed by atoms with Crippen molar-refractivity contribution < 1.29 is 22.7 Å². The molecule has 2 aromatic rings. The number of carbonyl (C=O) groups is 2. The number of benzene rings is 2. The Bertz CT molecular complexity index is 1040. The summed E-state index contributed by atoms with van der Waals surface area (Å²) in [4.78, 5) is 25.1. The van der Waals surface area contributed by atoms with Crippen molar-refractivity contribution in [1.82, 2.24) is 10.6 Å². The van der Waals surface area contributed by atoms with Crippen molar-refractivity contribution in [2.24, 2.45) is 0 Å². The van der Waals surface area contributed by atoms with E-state index in [1.807, 2.05) is 19.1 Å². The highest BCUT2D eigenvalue weighted by Gasteiger charge is 2.35. The first kappa shape index (κ1) is 20.6. The Morgan fingerprint density at radius 3 is 2.34 bits per heavy atom. The molecule has 2 amide bonds. The fourth-order valence-corrected chi connectivity index (χ4v) is 4.44. The van der Waals surface area contributed by atoms with Crippen LogP contribution in [0.5, 0.6) is 0 Å². The van der Waals surface area contributed by atoms with Crippen molar-refractivity contribution in [1.29, 1.82) is 0 Å². The zero-order chi connectivity index (χ0) is 21.0. The van der Waals surface area contributed by atoms with E-state index in [0.717, 1.165) is 5.56 Å². The van der Waals surface area contributed by atoms with Crippen LogP contribution in [0.3, 0.4) is 0 Å². The van der Waals surface area contributed by atoms with Gasteiger partial charge < -0.3 is 15.4 Å². The van der Waals surface area contributed by atoms with Gasteiger partial charge in [0.2, 0.25) is 0 Å². The minimum absolute atomic E-state index is 0.0154. The largest absolute Gasteiger partial charge is 0.463 e. The maximum absolute atomic E-state index is 12.9. The van der Waals surface area contributed by atoms with E-state index in [4.69, 9.17) is 4.74 Å². The summed E-state index contributed by atoms with van der Waals surface area (Å²) in [6, 6.07) is 13.8. The molecule has 3 rings (SSSR count). The molecule has 152 valence electrons. The molecule has 0 aliphatic carbocycles. The third-order valence-electron chi connectivity index (χ3n) is 4.50. The summed E-state index contributed by atoms with van der Waals surface area (Å²) < 4.78 is 30.9. The van der Waals surface area contributed by atoms with Crippen molar-refractivity contribution in [3.05, 3.63) is 77.0 Å². The first-order chi connectivity index (χ1) is 13.8. The van der Waals surface area contributed by atoms with Gasteiger partial charge in [0.1, 0.15) is 0 Å². The van der Waals surface area contributed by atoms with Crippen molar-refractivity contribution in [3.63, 3.8) is 0 Å². The van der Waals surface area contributed by atoms with Crippen molar-refractivity contribution in [3.8, 4) is 0 Å². The summed E-state index contributed by atoms with van der Waals surface area (Å²) in [5.74, 6) is -1.20. The molecule has 7 nitrogen and oxygen atoms in total. The van der Waals surface area contributed by atoms with Crippen molar-refractivity contribution in [2.75, 3.05) is 12.4 Å². The Labute approximate surface area is 169 Å². The summed E-state index contributed by atoms with van der Waals surface area (Å²) in [5.41, 5.74) is 1.77. The summed E-state index contributed by atoms with van der Waals surface area (Å²) >= 11 is 0. The van der Waals surface area contributed by atoms with Gasteiger partial charge in [0.25, 0.3) is 0 Å². The first-order valence-corrected chi connectivity index (χ1v) is 10.8. The highest BCUT2D eigenvalue weighted by Crippen LogP contribution is 2.29. The molecule has 1 heterocycles. The summed E-state index contributed by atoms with van der Waals surface area (Å²) in [5, 5.41) is 5.19. The molecule has 8 heteroatoms. The summed E-state index contributed by atoms with van der Waals surface area (Å²) in [7, 11) is -3.79. The number of hydrogen-bond acceptors (Lipinski definition) is 5. The predicted octanol–water partition coefficient (Wildman–Crippen LogP) is 2.64. The number of hydrogen-bond donors (Lipinski definition) is 2. The molecular weight excluding hydrogens is 392 g/mol. The first-order valence-electron chi connectivity index (χ1n) is 9.14. The van der Waals surface area contributed by atoms with E-state index in [1.54, 1.807) is 37.3 Å². The number of amides is 2. The molecule has 2 aromatic carbocycles. The van der Waals surface area contributed by atoms with E-state index in [1.165, 1.54) is 12.1 Å². The molecule has 0 aromatic heterocycles.